The van der Waals surface area contributed by atoms with Crippen molar-refractivity contribution in [2.24, 2.45) is 0 Å². The quantitative estimate of drug-likeness (QED) is 0.819. The van der Waals surface area contributed by atoms with Crippen molar-refractivity contribution >= 4 is 33.4 Å². The maximum Gasteiger partial charge on any atom is 0.240 e. The van der Waals surface area contributed by atoms with Crippen molar-refractivity contribution in [1.82, 2.24) is 4.72 Å². The van der Waals surface area contributed by atoms with Gasteiger partial charge in [-0.05, 0) is 48.1 Å². The standard InChI is InChI=1S/C19H20N2O5S2/c1-13(22)21-7-2-8-27-19-6-4-15(10-16(19)21)28(23,24)20-11-14-3-5-17-18(9-14)26-12-25-17/h3-6,9-10,20H,2,7-8,11-12H2,1H3. The number of fused-ring (bicyclic) bond motifs is 2. The predicted octanol–water partition coefficient (Wildman–Crippen LogP) is 2.74. The van der Waals surface area contributed by atoms with E-state index in [9.17, 15) is 13.2 Å². The molecule has 0 radical (unpaired) electrons. The molecule has 0 aromatic heterocycles. The van der Waals surface area contributed by atoms with E-state index in [0.717, 1.165) is 22.6 Å². The summed E-state index contributed by atoms with van der Waals surface area (Å²) in [6.07, 6.45) is 0.864. The van der Waals surface area contributed by atoms with Gasteiger partial charge in [-0.2, -0.15) is 0 Å². The van der Waals surface area contributed by atoms with Crippen LogP contribution in [0.5, 0.6) is 11.5 Å². The highest BCUT2D eigenvalue weighted by molar-refractivity contribution is 7.99. The van der Waals surface area contributed by atoms with Crippen LogP contribution < -0.4 is 19.1 Å². The van der Waals surface area contributed by atoms with Crippen LogP contribution in [0.2, 0.25) is 0 Å². The van der Waals surface area contributed by atoms with E-state index < -0.39 is 10.0 Å². The van der Waals surface area contributed by atoms with Crippen LogP contribution in [0.25, 0.3) is 0 Å². The molecular weight excluding hydrogens is 400 g/mol. The first-order chi connectivity index (χ1) is 13.4. The minimum absolute atomic E-state index is 0.0911. The Morgan fingerprint density at radius 1 is 1.18 bits per heavy atom. The second-order valence-corrected chi connectivity index (χ2v) is 9.42. The van der Waals surface area contributed by atoms with Gasteiger partial charge < -0.3 is 14.4 Å². The van der Waals surface area contributed by atoms with Crippen molar-refractivity contribution in [3.8, 4) is 11.5 Å². The number of benzene rings is 2. The van der Waals surface area contributed by atoms with Crippen molar-refractivity contribution in [3.05, 3.63) is 42.0 Å². The van der Waals surface area contributed by atoms with Gasteiger partial charge in [0.25, 0.3) is 0 Å². The van der Waals surface area contributed by atoms with Crippen LogP contribution in [-0.2, 0) is 21.4 Å². The summed E-state index contributed by atoms with van der Waals surface area (Å²) >= 11 is 1.64. The molecule has 28 heavy (non-hydrogen) atoms. The highest BCUT2D eigenvalue weighted by Gasteiger charge is 2.23. The number of carbonyl (C=O) groups is 1. The summed E-state index contributed by atoms with van der Waals surface area (Å²) in [6, 6.07) is 10.2. The van der Waals surface area contributed by atoms with E-state index in [1.807, 2.05) is 0 Å². The molecule has 148 valence electrons. The fourth-order valence-corrected chi connectivity index (χ4v) is 5.17. The van der Waals surface area contributed by atoms with E-state index in [1.165, 1.54) is 6.92 Å². The van der Waals surface area contributed by atoms with Gasteiger partial charge in [-0.25, -0.2) is 13.1 Å². The molecule has 0 spiro atoms. The smallest absolute Gasteiger partial charge is 0.240 e. The summed E-state index contributed by atoms with van der Waals surface area (Å²) in [5.41, 5.74) is 1.42. The molecule has 2 aliphatic heterocycles. The van der Waals surface area contributed by atoms with Crippen molar-refractivity contribution in [2.75, 3.05) is 24.0 Å². The summed E-state index contributed by atoms with van der Waals surface area (Å²) < 4.78 is 38.8. The summed E-state index contributed by atoms with van der Waals surface area (Å²) in [7, 11) is -3.74. The Hall–Kier alpha value is -2.23. The zero-order chi connectivity index (χ0) is 19.7. The number of ether oxygens (including phenoxy) is 2. The average molecular weight is 421 g/mol. The van der Waals surface area contributed by atoms with E-state index >= 15 is 0 Å². The van der Waals surface area contributed by atoms with Gasteiger partial charge in [0.05, 0.1) is 10.6 Å². The molecule has 7 nitrogen and oxygen atoms in total. The second-order valence-electron chi connectivity index (χ2n) is 6.51. The van der Waals surface area contributed by atoms with Crippen molar-refractivity contribution in [3.63, 3.8) is 0 Å². The van der Waals surface area contributed by atoms with Gasteiger partial charge in [0.2, 0.25) is 22.7 Å². The second kappa shape index (κ2) is 7.65. The summed E-state index contributed by atoms with van der Waals surface area (Å²) in [5.74, 6) is 2.06. The average Bonchev–Trinajstić information content (AvgIpc) is 3.03. The van der Waals surface area contributed by atoms with Crippen molar-refractivity contribution in [1.29, 1.82) is 0 Å². The third-order valence-corrected chi connectivity index (χ3v) is 7.15. The molecule has 0 aliphatic carbocycles. The molecule has 1 N–H and O–H groups in total. The third kappa shape index (κ3) is 3.82. The van der Waals surface area contributed by atoms with Gasteiger partial charge in [-0.15, -0.1) is 11.8 Å². The first kappa shape index (κ1) is 19.1. The number of carbonyl (C=O) groups excluding carboxylic acids is 1. The topological polar surface area (TPSA) is 84.9 Å². The van der Waals surface area contributed by atoms with Crippen molar-refractivity contribution in [2.45, 2.75) is 29.7 Å². The van der Waals surface area contributed by atoms with E-state index in [4.69, 9.17) is 9.47 Å². The molecule has 0 unspecified atom stereocenters. The molecule has 4 rings (SSSR count). The minimum Gasteiger partial charge on any atom is -0.454 e. The number of hydrogen-bond donors (Lipinski definition) is 1. The normalized spacial score (nSPS) is 15.8. The Morgan fingerprint density at radius 2 is 2.00 bits per heavy atom. The van der Waals surface area contributed by atoms with Crippen LogP contribution >= 0.6 is 11.8 Å². The fraction of sp³-hybridized carbons (Fsp3) is 0.316. The Bertz CT molecular complexity index is 1020. The van der Waals surface area contributed by atoms with Gasteiger partial charge >= 0.3 is 0 Å². The molecule has 2 aliphatic rings. The number of rotatable bonds is 4. The lowest BCUT2D eigenvalue weighted by Crippen LogP contribution is -2.30. The maximum atomic E-state index is 12.8. The van der Waals surface area contributed by atoms with Crippen LogP contribution in [0.3, 0.4) is 0 Å². The zero-order valence-corrected chi connectivity index (χ0v) is 16.9. The first-order valence-electron chi connectivity index (χ1n) is 8.87. The Labute approximate surface area is 168 Å². The van der Waals surface area contributed by atoms with Gasteiger partial charge in [-0.3, -0.25) is 4.79 Å². The molecule has 1 amide bonds. The monoisotopic (exact) mass is 420 g/mol. The summed E-state index contributed by atoms with van der Waals surface area (Å²) in [6.45, 7) is 2.38. The number of amides is 1. The van der Waals surface area contributed by atoms with E-state index in [2.05, 4.69) is 4.72 Å². The van der Waals surface area contributed by atoms with E-state index in [-0.39, 0.29) is 24.1 Å². The number of thioether (sulfide) groups is 1. The molecule has 2 aromatic rings. The predicted molar refractivity (Wildman–Crippen MR) is 106 cm³/mol. The lowest BCUT2D eigenvalue weighted by molar-refractivity contribution is -0.116. The fourth-order valence-electron chi connectivity index (χ4n) is 3.16. The zero-order valence-electron chi connectivity index (χ0n) is 15.3. The van der Waals surface area contributed by atoms with Gasteiger partial charge in [-0.1, -0.05) is 6.07 Å². The largest absolute Gasteiger partial charge is 0.454 e. The molecule has 2 aromatic carbocycles. The number of hydrogen-bond acceptors (Lipinski definition) is 6. The maximum absolute atomic E-state index is 12.8. The van der Waals surface area contributed by atoms with Gasteiger partial charge in [0.1, 0.15) is 0 Å². The van der Waals surface area contributed by atoms with Crippen LogP contribution in [-0.4, -0.2) is 33.4 Å². The van der Waals surface area contributed by atoms with Crippen molar-refractivity contribution < 1.29 is 22.7 Å². The SMILES string of the molecule is CC(=O)N1CCCSc2ccc(S(=O)(=O)NCc3ccc4c(c3)OCO4)cc21. The van der Waals surface area contributed by atoms with Crippen LogP contribution in [0.4, 0.5) is 5.69 Å². The molecule has 0 atom stereocenters. The first-order valence-corrected chi connectivity index (χ1v) is 11.3. The Kier molecular flexibility index (Phi) is 5.22. The molecular formula is C19H20N2O5S2. The number of nitrogens with one attached hydrogen (secondary N) is 1. The molecule has 2 heterocycles. The highest BCUT2D eigenvalue weighted by Crippen LogP contribution is 2.36. The van der Waals surface area contributed by atoms with E-state index in [0.29, 0.717) is 23.7 Å². The summed E-state index contributed by atoms with van der Waals surface area (Å²) in [4.78, 5) is 14.7. The molecule has 9 heteroatoms. The minimum atomic E-state index is -3.74. The van der Waals surface area contributed by atoms with Crippen LogP contribution in [0, 0.1) is 0 Å². The Morgan fingerprint density at radius 3 is 2.82 bits per heavy atom. The molecule has 0 fully saturated rings. The van der Waals surface area contributed by atoms with Gasteiger partial charge in [0.15, 0.2) is 11.5 Å². The number of nitrogens with zero attached hydrogens (tertiary/aromatic N) is 1. The highest BCUT2D eigenvalue weighted by atomic mass is 32.2. The molecule has 0 saturated carbocycles. The van der Waals surface area contributed by atoms with Gasteiger partial charge in [0, 0.05) is 24.9 Å². The molecule has 0 saturated heterocycles. The number of anilines is 1. The lowest BCUT2D eigenvalue weighted by Gasteiger charge is -2.21. The van der Waals surface area contributed by atoms with E-state index in [1.54, 1.807) is 53.1 Å². The Balaban J connectivity index is 1.56. The lowest BCUT2D eigenvalue weighted by atomic mass is 10.2. The third-order valence-electron chi connectivity index (χ3n) is 4.60. The van der Waals surface area contributed by atoms with Crippen LogP contribution in [0.1, 0.15) is 18.9 Å². The number of sulfonamides is 1. The molecule has 0 bridgehead atoms. The summed E-state index contributed by atoms with van der Waals surface area (Å²) in [5, 5.41) is 0. The van der Waals surface area contributed by atoms with Crippen LogP contribution in [0.15, 0.2) is 46.2 Å².